The minimum atomic E-state index is -0.407. The fourth-order valence-electron chi connectivity index (χ4n) is 2.02. The monoisotopic (exact) mass is 288 g/mol. The molecule has 2 rings (SSSR count). The number of nitrogens with zero attached hydrogens (tertiary/aromatic N) is 1. The Balaban J connectivity index is 2.33. The number of rotatable bonds is 4. The van der Waals surface area contributed by atoms with Gasteiger partial charge in [0.25, 0.3) is 5.91 Å². The number of para-hydroxylation sites is 1. The standard InChI is InChI=1S/C16H17FN2O2/c1-19(2)14-9-8-11(17)10-13(14)18-16(20)12-6-4-5-7-15(12)21-3/h4-10H,1-3H3,(H,18,20). The largest absolute Gasteiger partial charge is 0.496 e. The molecule has 110 valence electrons. The first-order valence-corrected chi connectivity index (χ1v) is 6.44. The molecule has 0 aliphatic carbocycles. The van der Waals surface area contributed by atoms with Crippen LogP contribution >= 0.6 is 0 Å². The minimum Gasteiger partial charge on any atom is -0.496 e. The summed E-state index contributed by atoms with van der Waals surface area (Å²) in [6, 6.07) is 11.2. The Bertz CT molecular complexity index is 656. The van der Waals surface area contributed by atoms with E-state index in [-0.39, 0.29) is 5.91 Å². The second-order valence-electron chi connectivity index (χ2n) is 4.71. The fourth-order valence-corrected chi connectivity index (χ4v) is 2.02. The van der Waals surface area contributed by atoms with Crippen LogP contribution in [0.4, 0.5) is 15.8 Å². The van der Waals surface area contributed by atoms with Crippen molar-refractivity contribution in [3.63, 3.8) is 0 Å². The minimum absolute atomic E-state index is 0.346. The first-order valence-electron chi connectivity index (χ1n) is 6.44. The maximum Gasteiger partial charge on any atom is 0.259 e. The molecular formula is C16H17FN2O2. The van der Waals surface area contributed by atoms with Crippen molar-refractivity contribution < 1.29 is 13.9 Å². The molecule has 2 aromatic carbocycles. The zero-order valence-electron chi connectivity index (χ0n) is 12.2. The Morgan fingerprint density at radius 3 is 2.57 bits per heavy atom. The van der Waals surface area contributed by atoms with E-state index in [1.807, 2.05) is 14.1 Å². The lowest BCUT2D eigenvalue weighted by atomic mass is 10.1. The highest BCUT2D eigenvalue weighted by atomic mass is 19.1. The van der Waals surface area contributed by atoms with Crippen LogP contribution in [0.25, 0.3) is 0 Å². The number of ether oxygens (including phenoxy) is 1. The van der Waals surface area contributed by atoms with E-state index in [9.17, 15) is 9.18 Å². The summed E-state index contributed by atoms with van der Waals surface area (Å²) in [4.78, 5) is 14.2. The Kier molecular flexibility index (Phi) is 4.42. The van der Waals surface area contributed by atoms with Crippen LogP contribution in [-0.4, -0.2) is 27.1 Å². The van der Waals surface area contributed by atoms with Gasteiger partial charge < -0.3 is 15.0 Å². The average Bonchev–Trinajstić information content (AvgIpc) is 2.46. The first kappa shape index (κ1) is 14.8. The Hall–Kier alpha value is -2.56. The van der Waals surface area contributed by atoms with Crippen molar-refractivity contribution in [2.45, 2.75) is 0 Å². The lowest BCUT2D eigenvalue weighted by Crippen LogP contribution is -2.17. The highest BCUT2D eigenvalue weighted by Gasteiger charge is 2.14. The third-order valence-electron chi connectivity index (χ3n) is 3.04. The van der Waals surface area contributed by atoms with Gasteiger partial charge in [0.05, 0.1) is 24.0 Å². The molecule has 0 spiro atoms. The number of hydrogen-bond donors (Lipinski definition) is 1. The van der Waals surface area contributed by atoms with Gasteiger partial charge in [-0.2, -0.15) is 0 Å². The Morgan fingerprint density at radius 1 is 1.19 bits per heavy atom. The molecule has 0 radical (unpaired) electrons. The van der Waals surface area contributed by atoms with E-state index >= 15 is 0 Å². The summed E-state index contributed by atoms with van der Waals surface area (Å²) < 4.78 is 18.6. The van der Waals surface area contributed by atoms with Gasteiger partial charge in [-0.3, -0.25) is 4.79 Å². The molecule has 0 bridgehead atoms. The van der Waals surface area contributed by atoms with Gasteiger partial charge in [-0.05, 0) is 30.3 Å². The zero-order chi connectivity index (χ0) is 15.4. The van der Waals surface area contributed by atoms with Crippen LogP contribution in [0.3, 0.4) is 0 Å². The quantitative estimate of drug-likeness (QED) is 0.939. The van der Waals surface area contributed by atoms with E-state index in [0.717, 1.165) is 5.69 Å². The van der Waals surface area contributed by atoms with Gasteiger partial charge in [-0.15, -0.1) is 0 Å². The van der Waals surface area contributed by atoms with E-state index in [0.29, 0.717) is 17.0 Å². The van der Waals surface area contributed by atoms with Crippen LogP contribution in [-0.2, 0) is 0 Å². The van der Waals surface area contributed by atoms with Gasteiger partial charge in [0, 0.05) is 14.1 Å². The molecule has 0 fully saturated rings. The van der Waals surface area contributed by atoms with Crippen LogP contribution in [0.15, 0.2) is 42.5 Å². The van der Waals surface area contributed by atoms with E-state index in [4.69, 9.17) is 4.74 Å². The van der Waals surface area contributed by atoms with Gasteiger partial charge in [-0.25, -0.2) is 4.39 Å². The van der Waals surface area contributed by atoms with Crippen LogP contribution in [0, 0.1) is 5.82 Å². The molecule has 21 heavy (non-hydrogen) atoms. The summed E-state index contributed by atoms with van der Waals surface area (Å²) in [5.41, 5.74) is 1.53. The van der Waals surface area contributed by atoms with E-state index < -0.39 is 5.82 Å². The van der Waals surface area contributed by atoms with Crippen LogP contribution < -0.4 is 15.0 Å². The molecule has 0 aliphatic heterocycles. The van der Waals surface area contributed by atoms with Gasteiger partial charge in [0.15, 0.2) is 0 Å². The second-order valence-corrected chi connectivity index (χ2v) is 4.71. The molecule has 0 atom stereocenters. The Labute approximate surface area is 123 Å². The lowest BCUT2D eigenvalue weighted by molar-refractivity contribution is 0.102. The van der Waals surface area contributed by atoms with Crippen LogP contribution in [0.5, 0.6) is 5.75 Å². The van der Waals surface area contributed by atoms with Crippen molar-refractivity contribution in [1.82, 2.24) is 0 Å². The zero-order valence-corrected chi connectivity index (χ0v) is 12.2. The molecule has 4 nitrogen and oxygen atoms in total. The number of carbonyl (C=O) groups excluding carboxylic acids is 1. The van der Waals surface area contributed by atoms with Gasteiger partial charge in [-0.1, -0.05) is 12.1 Å². The lowest BCUT2D eigenvalue weighted by Gasteiger charge is -2.18. The van der Waals surface area contributed by atoms with Crippen LogP contribution in [0.2, 0.25) is 0 Å². The number of halogens is 1. The number of anilines is 2. The van der Waals surface area contributed by atoms with Crippen LogP contribution in [0.1, 0.15) is 10.4 Å². The van der Waals surface area contributed by atoms with Gasteiger partial charge >= 0.3 is 0 Å². The highest BCUT2D eigenvalue weighted by molar-refractivity contribution is 6.07. The number of carbonyl (C=O) groups is 1. The normalized spacial score (nSPS) is 10.1. The third kappa shape index (κ3) is 3.31. The molecular weight excluding hydrogens is 271 g/mol. The smallest absolute Gasteiger partial charge is 0.259 e. The summed E-state index contributed by atoms with van der Waals surface area (Å²) in [6.07, 6.45) is 0. The maximum absolute atomic E-state index is 13.4. The van der Waals surface area contributed by atoms with Crippen molar-refractivity contribution in [3.8, 4) is 5.75 Å². The third-order valence-corrected chi connectivity index (χ3v) is 3.04. The molecule has 0 aliphatic rings. The summed E-state index contributed by atoms with van der Waals surface area (Å²) in [5, 5.41) is 2.72. The molecule has 0 heterocycles. The number of methoxy groups -OCH3 is 1. The van der Waals surface area contributed by atoms with E-state index in [1.54, 1.807) is 35.2 Å². The molecule has 5 heteroatoms. The molecule has 0 saturated carbocycles. The maximum atomic E-state index is 13.4. The number of hydrogen-bond acceptors (Lipinski definition) is 3. The number of benzene rings is 2. The molecule has 1 N–H and O–H groups in total. The predicted molar refractivity (Wildman–Crippen MR) is 81.7 cm³/mol. The molecule has 0 aromatic heterocycles. The first-order chi connectivity index (χ1) is 10.0. The topological polar surface area (TPSA) is 41.6 Å². The molecule has 1 amide bonds. The van der Waals surface area contributed by atoms with Crippen molar-refractivity contribution in [2.75, 3.05) is 31.4 Å². The van der Waals surface area contributed by atoms with Gasteiger partial charge in [0.2, 0.25) is 0 Å². The van der Waals surface area contributed by atoms with Crippen molar-refractivity contribution in [2.24, 2.45) is 0 Å². The van der Waals surface area contributed by atoms with Crippen molar-refractivity contribution >= 4 is 17.3 Å². The average molecular weight is 288 g/mol. The summed E-state index contributed by atoms with van der Waals surface area (Å²) in [6.45, 7) is 0. The number of nitrogens with one attached hydrogen (secondary N) is 1. The molecule has 0 saturated heterocycles. The summed E-state index contributed by atoms with van der Waals surface area (Å²) >= 11 is 0. The van der Waals surface area contributed by atoms with Crippen molar-refractivity contribution in [1.29, 1.82) is 0 Å². The predicted octanol–water partition coefficient (Wildman–Crippen LogP) is 3.15. The summed E-state index contributed by atoms with van der Waals surface area (Å²) in [7, 11) is 5.15. The molecule has 0 unspecified atom stereocenters. The van der Waals surface area contributed by atoms with E-state index in [2.05, 4.69) is 5.32 Å². The number of amides is 1. The van der Waals surface area contributed by atoms with E-state index in [1.165, 1.54) is 19.2 Å². The highest BCUT2D eigenvalue weighted by Crippen LogP contribution is 2.27. The fraction of sp³-hybridized carbons (Fsp3) is 0.188. The Morgan fingerprint density at radius 2 is 1.90 bits per heavy atom. The van der Waals surface area contributed by atoms with Crippen molar-refractivity contribution in [3.05, 3.63) is 53.8 Å². The van der Waals surface area contributed by atoms with Gasteiger partial charge in [0.1, 0.15) is 11.6 Å². The second kappa shape index (κ2) is 6.26. The SMILES string of the molecule is COc1ccccc1C(=O)Nc1cc(F)ccc1N(C)C. The molecule has 2 aromatic rings. The summed E-state index contributed by atoms with van der Waals surface area (Å²) in [5.74, 6) is -0.283.